The first kappa shape index (κ1) is 19.7. The SMILES string of the molecule is COC(=O)c1ccc(CNC(=O)CCS(=O)(=O)c2ccc(C)cc2)cc1. The zero-order valence-corrected chi connectivity index (χ0v) is 15.5. The lowest BCUT2D eigenvalue weighted by atomic mass is 10.1. The molecule has 0 atom stereocenters. The third-order valence-electron chi connectivity index (χ3n) is 3.84. The van der Waals surface area contributed by atoms with Crippen molar-refractivity contribution in [1.29, 1.82) is 0 Å². The minimum Gasteiger partial charge on any atom is -0.465 e. The zero-order chi connectivity index (χ0) is 19.2. The predicted octanol–water partition coefficient (Wildman–Crippen LogP) is 2.26. The van der Waals surface area contributed by atoms with Gasteiger partial charge in [-0.05, 0) is 36.8 Å². The van der Waals surface area contributed by atoms with E-state index >= 15 is 0 Å². The summed E-state index contributed by atoms with van der Waals surface area (Å²) in [6.45, 7) is 2.13. The van der Waals surface area contributed by atoms with Crippen LogP contribution in [-0.2, 0) is 25.9 Å². The second-order valence-corrected chi connectivity index (χ2v) is 7.96. The molecule has 0 bridgehead atoms. The first-order chi connectivity index (χ1) is 12.3. The number of amides is 1. The molecule has 0 radical (unpaired) electrons. The van der Waals surface area contributed by atoms with Gasteiger partial charge >= 0.3 is 5.97 Å². The molecule has 2 rings (SSSR count). The first-order valence-corrected chi connectivity index (χ1v) is 9.70. The number of ether oxygens (including phenoxy) is 1. The van der Waals surface area contributed by atoms with Crippen LogP contribution in [0.2, 0.25) is 0 Å². The molecule has 0 aliphatic heterocycles. The highest BCUT2D eigenvalue weighted by Crippen LogP contribution is 2.13. The van der Waals surface area contributed by atoms with Gasteiger partial charge < -0.3 is 10.1 Å². The van der Waals surface area contributed by atoms with Crippen LogP contribution in [0.1, 0.15) is 27.9 Å². The summed E-state index contributed by atoms with van der Waals surface area (Å²) in [4.78, 5) is 23.5. The maximum absolute atomic E-state index is 12.2. The number of sulfone groups is 1. The molecular weight excluding hydrogens is 354 g/mol. The summed E-state index contributed by atoms with van der Waals surface area (Å²) in [7, 11) is -2.18. The number of carbonyl (C=O) groups is 2. The van der Waals surface area contributed by atoms with Crippen molar-refractivity contribution in [2.75, 3.05) is 12.9 Å². The van der Waals surface area contributed by atoms with E-state index in [1.807, 2.05) is 6.92 Å². The van der Waals surface area contributed by atoms with Crippen molar-refractivity contribution in [3.8, 4) is 0 Å². The molecule has 138 valence electrons. The van der Waals surface area contributed by atoms with Gasteiger partial charge in [-0.2, -0.15) is 0 Å². The van der Waals surface area contributed by atoms with Crippen LogP contribution in [0, 0.1) is 6.92 Å². The molecule has 2 aromatic carbocycles. The number of hydrogen-bond acceptors (Lipinski definition) is 5. The lowest BCUT2D eigenvalue weighted by Crippen LogP contribution is -2.25. The largest absolute Gasteiger partial charge is 0.465 e. The fourth-order valence-corrected chi connectivity index (χ4v) is 3.50. The molecule has 1 N–H and O–H groups in total. The van der Waals surface area contributed by atoms with Gasteiger partial charge in [-0.15, -0.1) is 0 Å². The van der Waals surface area contributed by atoms with Crippen molar-refractivity contribution in [2.24, 2.45) is 0 Å². The molecule has 0 fully saturated rings. The molecule has 0 unspecified atom stereocenters. The van der Waals surface area contributed by atoms with Crippen LogP contribution < -0.4 is 5.32 Å². The molecule has 0 aliphatic carbocycles. The summed E-state index contributed by atoms with van der Waals surface area (Å²) in [5.74, 6) is -1.02. The van der Waals surface area contributed by atoms with E-state index in [1.165, 1.54) is 7.11 Å². The van der Waals surface area contributed by atoms with E-state index in [-0.39, 0.29) is 29.5 Å². The summed E-state index contributed by atoms with van der Waals surface area (Å²) in [6, 6.07) is 13.2. The molecule has 0 heterocycles. The second-order valence-electron chi connectivity index (χ2n) is 5.85. The molecule has 0 aromatic heterocycles. The molecule has 0 aliphatic rings. The zero-order valence-electron chi connectivity index (χ0n) is 14.7. The minimum atomic E-state index is -3.49. The van der Waals surface area contributed by atoms with Crippen molar-refractivity contribution in [2.45, 2.75) is 24.8 Å². The lowest BCUT2D eigenvalue weighted by molar-refractivity contribution is -0.120. The number of carbonyl (C=O) groups excluding carboxylic acids is 2. The Morgan fingerprint density at radius 3 is 2.19 bits per heavy atom. The quantitative estimate of drug-likeness (QED) is 0.750. The molecule has 0 saturated carbocycles. The van der Waals surface area contributed by atoms with E-state index in [9.17, 15) is 18.0 Å². The Morgan fingerprint density at radius 1 is 1.00 bits per heavy atom. The Balaban J connectivity index is 1.85. The van der Waals surface area contributed by atoms with E-state index in [2.05, 4.69) is 10.1 Å². The van der Waals surface area contributed by atoms with Crippen LogP contribution in [-0.4, -0.2) is 33.2 Å². The second kappa shape index (κ2) is 8.62. The van der Waals surface area contributed by atoms with Gasteiger partial charge in [0.15, 0.2) is 9.84 Å². The van der Waals surface area contributed by atoms with Crippen LogP contribution >= 0.6 is 0 Å². The highest BCUT2D eigenvalue weighted by molar-refractivity contribution is 7.91. The summed E-state index contributed by atoms with van der Waals surface area (Å²) >= 11 is 0. The Bertz CT molecular complexity index is 871. The maximum Gasteiger partial charge on any atom is 0.337 e. The highest BCUT2D eigenvalue weighted by Gasteiger charge is 2.16. The van der Waals surface area contributed by atoms with Crippen LogP contribution in [0.25, 0.3) is 0 Å². The summed E-state index contributed by atoms with van der Waals surface area (Å²) in [5, 5.41) is 2.68. The van der Waals surface area contributed by atoms with Crippen LogP contribution in [0.5, 0.6) is 0 Å². The summed E-state index contributed by atoms with van der Waals surface area (Å²) < 4.78 is 29.1. The molecule has 0 saturated heterocycles. The third kappa shape index (κ3) is 5.42. The normalized spacial score (nSPS) is 11.0. The number of esters is 1. The Morgan fingerprint density at radius 2 is 1.62 bits per heavy atom. The van der Waals surface area contributed by atoms with Gasteiger partial charge in [-0.25, -0.2) is 13.2 Å². The highest BCUT2D eigenvalue weighted by atomic mass is 32.2. The number of aryl methyl sites for hydroxylation is 1. The molecule has 6 nitrogen and oxygen atoms in total. The van der Waals surface area contributed by atoms with E-state index < -0.39 is 15.8 Å². The van der Waals surface area contributed by atoms with Crippen molar-refractivity contribution in [1.82, 2.24) is 5.32 Å². The number of rotatable bonds is 7. The van der Waals surface area contributed by atoms with Crippen LogP contribution in [0.4, 0.5) is 0 Å². The van der Waals surface area contributed by atoms with Crippen molar-refractivity contribution < 1.29 is 22.7 Å². The molecular formula is C19H21NO5S. The number of methoxy groups -OCH3 is 1. The molecule has 1 amide bonds. The molecule has 0 spiro atoms. The Kier molecular flexibility index (Phi) is 6.52. The van der Waals surface area contributed by atoms with Gasteiger partial charge in [0.2, 0.25) is 5.91 Å². The molecule has 2 aromatic rings. The van der Waals surface area contributed by atoms with Crippen molar-refractivity contribution >= 4 is 21.7 Å². The van der Waals surface area contributed by atoms with Gasteiger partial charge in [0.25, 0.3) is 0 Å². The average Bonchev–Trinajstić information content (AvgIpc) is 2.65. The predicted molar refractivity (Wildman–Crippen MR) is 97.5 cm³/mol. The average molecular weight is 375 g/mol. The van der Waals surface area contributed by atoms with E-state index in [4.69, 9.17) is 0 Å². The van der Waals surface area contributed by atoms with Crippen LogP contribution in [0.3, 0.4) is 0 Å². The Hall–Kier alpha value is -2.67. The van der Waals surface area contributed by atoms with E-state index in [0.29, 0.717) is 5.56 Å². The smallest absolute Gasteiger partial charge is 0.337 e. The fourth-order valence-electron chi connectivity index (χ4n) is 2.26. The minimum absolute atomic E-state index is 0.115. The summed E-state index contributed by atoms with van der Waals surface area (Å²) in [6.07, 6.45) is -0.115. The van der Waals surface area contributed by atoms with Crippen molar-refractivity contribution in [3.05, 3.63) is 65.2 Å². The number of hydrogen-bond donors (Lipinski definition) is 1. The summed E-state index contributed by atoms with van der Waals surface area (Å²) in [5.41, 5.74) is 2.19. The monoisotopic (exact) mass is 375 g/mol. The number of benzene rings is 2. The first-order valence-electron chi connectivity index (χ1n) is 8.05. The van der Waals surface area contributed by atoms with Gasteiger partial charge in [0, 0.05) is 13.0 Å². The van der Waals surface area contributed by atoms with E-state index in [1.54, 1.807) is 48.5 Å². The maximum atomic E-state index is 12.2. The van der Waals surface area contributed by atoms with Gasteiger partial charge in [-0.3, -0.25) is 4.79 Å². The topological polar surface area (TPSA) is 89.5 Å². The Labute approximate surface area is 153 Å². The van der Waals surface area contributed by atoms with Gasteiger partial charge in [0.1, 0.15) is 0 Å². The van der Waals surface area contributed by atoms with Crippen molar-refractivity contribution in [3.63, 3.8) is 0 Å². The van der Waals surface area contributed by atoms with Gasteiger partial charge in [0.05, 0.1) is 23.3 Å². The van der Waals surface area contributed by atoms with Gasteiger partial charge in [-0.1, -0.05) is 29.8 Å². The number of nitrogens with one attached hydrogen (secondary N) is 1. The van der Waals surface area contributed by atoms with Crippen LogP contribution in [0.15, 0.2) is 53.4 Å². The molecule has 7 heteroatoms. The standard InChI is InChI=1S/C19H21NO5S/c1-14-3-9-17(10-4-14)26(23,24)12-11-18(21)20-13-15-5-7-16(8-6-15)19(22)25-2/h3-10H,11-13H2,1-2H3,(H,20,21). The fraction of sp³-hybridized carbons (Fsp3) is 0.263. The van der Waals surface area contributed by atoms with E-state index in [0.717, 1.165) is 11.1 Å². The lowest BCUT2D eigenvalue weighted by Gasteiger charge is -2.07. The third-order valence-corrected chi connectivity index (χ3v) is 5.57. The molecule has 26 heavy (non-hydrogen) atoms.